The number of ether oxygens (including phenoxy) is 1. The van der Waals surface area contributed by atoms with Crippen LogP contribution in [0, 0.1) is 11.7 Å². The van der Waals surface area contributed by atoms with Crippen LogP contribution in [0.1, 0.15) is 32.8 Å². The molecule has 2 N–H and O–H groups in total. The molecule has 23 heavy (non-hydrogen) atoms. The Kier molecular flexibility index (Phi) is 5.36. The lowest BCUT2D eigenvalue weighted by molar-refractivity contribution is -0.107. The molecule has 0 aromatic heterocycles. The van der Waals surface area contributed by atoms with Gasteiger partial charge in [0.1, 0.15) is 23.8 Å². The van der Waals surface area contributed by atoms with Crippen molar-refractivity contribution in [1.29, 1.82) is 0 Å². The van der Waals surface area contributed by atoms with Crippen molar-refractivity contribution in [3.8, 4) is 0 Å². The zero-order chi connectivity index (χ0) is 17.0. The van der Waals surface area contributed by atoms with Gasteiger partial charge < -0.3 is 15.4 Å². The van der Waals surface area contributed by atoms with E-state index in [2.05, 4.69) is 18.8 Å². The molecule has 0 bridgehead atoms. The maximum absolute atomic E-state index is 14.3. The SMILES string of the molecule is CC(C)CCN(C=O)c1ccc(F)c([C@]2(C)COCC(N)=N2)c1. The van der Waals surface area contributed by atoms with Gasteiger partial charge in [-0.3, -0.25) is 9.79 Å². The van der Waals surface area contributed by atoms with Crippen LogP contribution in [-0.4, -0.2) is 32.0 Å². The first-order chi connectivity index (χ1) is 10.9. The van der Waals surface area contributed by atoms with E-state index in [1.165, 1.54) is 6.07 Å². The van der Waals surface area contributed by atoms with Gasteiger partial charge in [0.25, 0.3) is 0 Å². The average Bonchev–Trinajstić information content (AvgIpc) is 2.48. The van der Waals surface area contributed by atoms with E-state index in [0.717, 1.165) is 12.8 Å². The summed E-state index contributed by atoms with van der Waals surface area (Å²) in [6, 6.07) is 4.63. The average molecular weight is 321 g/mol. The van der Waals surface area contributed by atoms with Crippen LogP contribution in [0.3, 0.4) is 0 Å². The van der Waals surface area contributed by atoms with E-state index in [1.54, 1.807) is 24.0 Å². The molecule has 0 unspecified atom stereocenters. The molecule has 1 aliphatic heterocycles. The summed E-state index contributed by atoms with van der Waals surface area (Å²) < 4.78 is 19.7. The van der Waals surface area contributed by atoms with E-state index in [-0.39, 0.29) is 19.0 Å². The number of nitrogens with zero attached hydrogens (tertiary/aromatic N) is 2. The van der Waals surface area contributed by atoms with E-state index >= 15 is 0 Å². The Morgan fingerprint density at radius 3 is 2.87 bits per heavy atom. The van der Waals surface area contributed by atoms with Crippen LogP contribution in [0.4, 0.5) is 10.1 Å². The fourth-order valence-electron chi connectivity index (χ4n) is 2.62. The number of aliphatic imine (C=N–C) groups is 1. The molecule has 0 spiro atoms. The van der Waals surface area contributed by atoms with Crippen LogP contribution >= 0.6 is 0 Å². The molecule has 126 valence electrons. The summed E-state index contributed by atoms with van der Waals surface area (Å²) in [5.74, 6) is 0.439. The molecular formula is C17H24FN3O2. The number of carbonyl (C=O) groups is 1. The van der Waals surface area contributed by atoms with Crippen molar-refractivity contribution in [2.75, 3.05) is 24.7 Å². The molecule has 0 saturated carbocycles. The largest absolute Gasteiger partial charge is 0.386 e. The number of amides is 1. The van der Waals surface area contributed by atoms with Gasteiger partial charge in [0, 0.05) is 17.8 Å². The lowest BCUT2D eigenvalue weighted by Gasteiger charge is -2.31. The van der Waals surface area contributed by atoms with Crippen LogP contribution in [0.15, 0.2) is 23.2 Å². The minimum Gasteiger partial charge on any atom is -0.386 e. The van der Waals surface area contributed by atoms with Gasteiger partial charge in [0.2, 0.25) is 6.41 Å². The van der Waals surface area contributed by atoms with Gasteiger partial charge in [-0.15, -0.1) is 0 Å². The predicted octanol–water partition coefficient (Wildman–Crippen LogP) is 2.44. The number of amidine groups is 1. The maximum Gasteiger partial charge on any atom is 0.214 e. The lowest BCUT2D eigenvalue weighted by atomic mass is 9.91. The van der Waals surface area contributed by atoms with Gasteiger partial charge in [0.05, 0.1) is 6.61 Å². The first-order valence-electron chi connectivity index (χ1n) is 7.79. The molecule has 1 amide bonds. The summed E-state index contributed by atoms with van der Waals surface area (Å²) in [5, 5.41) is 0. The van der Waals surface area contributed by atoms with Crippen molar-refractivity contribution in [2.24, 2.45) is 16.6 Å². The molecule has 0 fully saturated rings. The molecule has 1 atom stereocenters. The maximum atomic E-state index is 14.3. The monoisotopic (exact) mass is 321 g/mol. The molecule has 1 aromatic carbocycles. The van der Waals surface area contributed by atoms with Gasteiger partial charge in [0.15, 0.2) is 0 Å². The Balaban J connectivity index is 2.35. The second kappa shape index (κ2) is 7.08. The number of hydrogen-bond acceptors (Lipinski definition) is 4. The van der Waals surface area contributed by atoms with Crippen LogP contribution in [0.5, 0.6) is 0 Å². The minimum absolute atomic E-state index is 0.251. The summed E-state index contributed by atoms with van der Waals surface area (Å²) >= 11 is 0. The first-order valence-corrected chi connectivity index (χ1v) is 7.79. The quantitative estimate of drug-likeness (QED) is 0.818. The number of anilines is 1. The normalized spacial score (nSPS) is 21.2. The van der Waals surface area contributed by atoms with Gasteiger partial charge in [-0.2, -0.15) is 0 Å². The zero-order valence-electron chi connectivity index (χ0n) is 13.9. The molecular weight excluding hydrogens is 297 g/mol. The number of nitrogens with two attached hydrogens (primary N) is 1. The minimum atomic E-state index is -0.880. The Morgan fingerprint density at radius 2 is 2.26 bits per heavy atom. The fraction of sp³-hybridized carbons (Fsp3) is 0.529. The van der Waals surface area contributed by atoms with Crippen molar-refractivity contribution >= 4 is 17.9 Å². The highest BCUT2D eigenvalue weighted by Gasteiger charge is 2.33. The Morgan fingerprint density at radius 1 is 1.52 bits per heavy atom. The third-order valence-corrected chi connectivity index (χ3v) is 3.96. The first kappa shape index (κ1) is 17.4. The number of hydrogen-bond donors (Lipinski definition) is 1. The molecule has 0 radical (unpaired) electrons. The van der Waals surface area contributed by atoms with Gasteiger partial charge in [-0.05, 0) is 37.5 Å². The number of rotatable bonds is 6. The summed E-state index contributed by atoms with van der Waals surface area (Å²) in [6.45, 7) is 7.06. The van der Waals surface area contributed by atoms with Gasteiger partial charge in [-0.25, -0.2) is 4.39 Å². The number of carbonyl (C=O) groups excluding carboxylic acids is 1. The summed E-state index contributed by atoms with van der Waals surface area (Å²) in [4.78, 5) is 17.3. The van der Waals surface area contributed by atoms with Crippen molar-refractivity contribution < 1.29 is 13.9 Å². The summed E-state index contributed by atoms with van der Waals surface area (Å²) in [7, 11) is 0. The van der Waals surface area contributed by atoms with E-state index < -0.39 is 5.54 Å². The number of benzene rings is 1. The molecule has 1 heterocycles. The summed E-state index contributed by atoms with van der Waals surface area (Å²) in [5.41, 5.74) is 5.89. The molecule has 0 aliphatic carbocycles. The van der Waals surface area contributed by atoms with E-state index in [1.807, 2.05) is 0 Å². The second-order valence-corrected chi connectivity index (χ2v) is 6.52. The Labute approximate surface area is 136 Å². The Bertz CT molecular complexity index is 604. The molecule has 1 aromatic rings. The Hall–Kier alpha value is -1.95. The smallest absolute Gasteiger partial charge is 0.214 e. The van der Waals surface area contributed by atoms with Crippen LogP contribution < -0.4 is 10.6 Å². The van der Waals surface area contributed by atoms with E-state index in [4.69, 9.17) is 10.5 Å². The molecule has 0 saturated heterocycles. The molecule has 1 aliphatic rings. The third kappa shape index (κ3) is 4.07. The molecule has 6 heteroatoms. The van der Waals surface area contributed by atoms with Crippen LogP contribution in [-0.2, 0) is 15.1 Å². The zero-order valence-corrected chi connectivity index (χ0v) is 13.9. The van der Waals surface area contributed by atoms with Crippen LogP contribution in [0.25, 0.3) is 0 Å². The van der Waals surface area contributed by atoms with Crippen LogP contribution in [0.2, 0.25) is 0 Å². The molecule has 2 rings (SSSR count). The lowest BCUT2D eigenvalue weighted by Crippen LogP contribution is -2.38. The van der Waals surface area contributed by atoms with Crippen molar-refractivity contribution in [3.05, 3.63) is 29.6 Å². The van der Waals surface area contributed by atoms with Gasteiger partial charge >= 0.3 is 0 Å². The topological polar surface area (TPSA) is 67.9 Å². The highest BCUT2D eigenvalue weighted by molar-refractivity contribution is 5.82. The fourth-order valence-corrected chi connectivity index (χ4v) is 2.62. The van der Waals surface area contributed by atoms with E-state index in [0.29, 0.717) is 29.5 Å². The van der Waals surface area contributed by atoms with Crippen molar-refractivity contribution in [1.82, 2.24) is 0 Å². The van der Waals surface area contributed by atoms with Gasteiger partial charge in [-0.1, -0.05) is 13.8 Å². The third-order valence-electron chi connectivity index (χ3n) is 3.96. The predicted molar refractivity (Wildman–Crippen MR) is 89.1 cm³/mol. The van der Waals surface area contributed by atoms with Crippen molar-refractivity contribution in [2.45, 2.75) is 32.7 Å². The number of halogens is 1. The highest BCUT2D eigenvalue weighted by atomic mass is 19.1. The second-order valence-electron chi connectivity index (χ2n) is 6.52. The molecule has 5 nitrogen and oxygen atoms in total. The standard InChI is InChI=1S/C17H24FN3O2/c1-12(2)6-7-21(11-22)13-4-5-15(18)14(8-13)17(3)10-23-9-16(19)20-17/h4-5,8,11-12H,6-7,9-10H2,1-3H3,(H2,19,20)/t17-/m0/s1. The van der Waals surface area contributed by atoms with Crippen molar-refractivity contribution in [3.63, 3.8) is 0 Å². The van der Waals surface area contributed by atoms with E-state index in [9.17, 15) is 9.18 Å². The highest BCUT2D eigenvalue weighted by Crippen LogP contribution is 2.33. The summed E-state index contributed by atoms with van der Waals surface area (Å²) in [6.07, 6.45) is 1.65.